The zero-order valence-corrected chi connectivity index (χ0v) is 15.7. The first-order valence-electron chi connectivity index (χ1n) is 7.65. The summed E-state index contributed by atoms with van der Waals surface area (Å²) in [5.41, 5.74) is 0.811. The number of rotatable bonds is 4. The molecular weight excluding hydrogens is 413 g/mol. The number of amides is 1. The maximum absolute atomic E-state index is 12.4. The first-order chi connectivity index (χ1) is 13.0. The standard InChI is InChI=1S/C16H10Cl3N7O/c17-10-3-2-9(11(18)6-10)7-25-8-12(19)13(23-25)21-15(27)14-22-16-20-4-1-5-26(16)24-14/h1-6,8H,7H2,(H,21,23,27). The van der Waals surface area contributed by atoms with E-state index in [0.29, 0.717) is 22.4 Å². The molecule has 3 heterocycles. The molecule has 11 heteroatoms. The van der Waals surface area contributed by atoms with Crippen LogP contribution in [-0.2, 0) is 6.54 Å². The number of anilines is 1. The molecule has 0 saturated heterocycles. The van der Waals surface area contributed by atoms with E-state index in [1.54, 1.807) is 47.5 Å². The van der Waals surface area contributed by atoms with Crippen molar-refractivity contribution < 1.29 is 4.79 Å². The second kappa shape index (κ2) is 7.15. The number of halogens is 3. The quantitative estimate of drug-likeness (QED) is 0.543. The Morgan fingerprint density at radius 2 is 2.00 bits per heavy atom. The Labute approximate surface area is 167 Å². The molecule has 1 amide bonds. The molecule has 0 aliphatic heterocycles. The molecule has 27 heavy (non-hydrogen) atoms. The van der Waals surface area contributed by atoms with Crippen LogP contribution in [0.25, 0.3) is 5.78 Å². The van der Waals surface area contributed by atoms with Gasteiger partial charge in [0.15, 0.2) is 5.82 Å². The molecule has 0 aliphatic rings. The molecule has 136 valence electrons. The number of hydrogen-bond acceptors (Lipinski definition) is 5. The van der Waals surface area contributed by atoms with Gasteiger partial charge in [0, 0.05) is 28.6 Å². The average molecular weight is 423 g/mol. The lowest BCUT2D eigenvalue weighted by molar-refractivity contribution is 0.101. The molecular formula is C16H10Cl3N7O. The lowest BCUT2D eigenvalue weighted by Gasteiger charge is -2.05. The lowest BCUT2D eigenvalue weighted by Crippen LogP contribution is -2.15. The number of aromatic nitrogens is 6. The van der Waals surface area contributed by atoms with Crippen LogP contribution in [0.15, 0.2) is 42.9 Å². The summed E-state index contributed by atoms with van der Waals surface area (Å²) in [6.45, 7) is 0.363. The monoisotopic (exact) mass is 421 g/mol. The van der Waals surface area contributed by atoms with Crippen molar-refractivity contribution in [1.29, 1.82) is 0 Å². The summed E-state index contributed by atoms with van der Waals surface area (Å²) >= 11 is 18.3. The molecule has 4 aromatic rings. The van der Waals surface area contributed by atoms with Gasteiger partial charge in [-0.1, -0.05) is 40.9 Å². The maximum Gasteiger partial charge on any atom is 0.296 e. The van der Waals surface area contributed by atoms with Crippen molar-refractivity contribution in [3.63, 3.8) is 0 Å². The predicted molar refractivity (Wildman–Crippen MR) is 102 cm³/mol. The van der Waals surface area contributed by atoms with E-state index in [0.717, 1.165) is 5.56 Å². The van der Waals surface area contributed by atoms with Crippen LogP contribution < -0.4 is 5.32 Å². The molecule has 4 rings (SSSR count). The summed E-state index contributed by atoms with van der Waals surface area (Å²) in [6.07, 6.45) is 4.79. The largest absolute Gasteiger partial charge is 0.301 e. The topological polar surface area (TPSA) is 90.0 Å². The van der Waals surface area contributed by atoms with E-state index in [-0.39, 0.29) is 16.7 Å². The Hall–Kier alpha value is -2.68. The average Bonchev–Trinajstić information content (AvgIpc) is 3.21. The summed E-state index contributed by atoms with van der Waals surface area (Å²) in [5, 5.41) is 12.3. The number of carbonyl (C=O) groups excluding carboxylic acids is 1. The third-order valence-corrected chi connectivity index (χ3v) is 4.48. The minimum atomic E-state index is -0.544. The SMILES string of the molecule is O=C(Nc1nn(Cc2ccc(Cl)cc2Cl)cc1Cl)c1nc2ncccn2n1. The zero-order valence-electron chi connectivity index (χ0n) is 13.5. The molecule has 0 radical (unpaired) electrons. The van der Waals surface area contributed by atoms with Crippen molar-refractivity contribution in [2.75, 3.05) is 5.32 Å². The molecule has 0 spiro atoms. The van der Waals surface area contributed by atoms with Crippen molar-refractivity contribution >= 4 is 52.3 Å². The van der Waals surface area contributed by atoms with Gasteiger partial charge >= 0.3 is 0 Å². The van der Waals surface area contributed by atoms with E-state index in [1.807, 2.05) is 0 Å². The van der Waals surface area contributed by atoms with Gasteiger partial charge in [0.1, 0.15) is 5.02 Å². The van der Waals surface area contributed by atoms with Crippen LogP contribution in [0.1, 0.15) is 16.2 Å². The van der Waals surface area contributed by atoms with E-state index >= 15 is 0 Å². The highest BCUT2D eigenvalue weighted by molar-refractivity contribution is 6.35. The van der Waals surface area contributed by atoms with Crippen molar-refractivity contribution in [3.8, 4) is 0 Å². The van der Waals surface area contributed by atoms with Gasteiger partial charge in [-0.3, -0.25) is 9.48 Å². The lowest BCUT2D eigenvalue weighted by atomic mass is 10.2. The van der Waals surface area contributed by atoms with Gasteiger partial charge in [-0.05, 0) is 23.8 Å². The van der Waals surface area contributed by atoms with Crippen molar-refractivity contribution in [3.05, 3.63) is 69.3 Å². The molecule has 8 nitrogen and oxygen atoms in total. The normalized spacial score (nSPS) is 11.1. The van der Waals surface area contributed by atoms with Crippen molar-refractivity contribution in [2.45, 2.75) is 6.54 Å². The van der Waals surface area contributed by atoms with Crippen LogP contribution in [0, 0.1) is 0 Å². The Morgan fingerprint density at radius 1 is 1.15 bits per heavy atom. The molecule has 3 aromatic heterocycles. The Morgan fingerprint density at radius 3 is 2.78 bits per heavy atom. The predicted octanol–water partition coefficient (Wildman–Crippen LogP) is 3.58. The van der Waals surface area contributed by atoms with Crippen molar-refractivity contribution in [1.82, 2.24) is 29.4 Å². The van der Waals surface area contributed by atoms with Crippen LogP contribution in [0.3, 0.4) is 0 Å². The van der Waals surface area contributed by atoms with Gasteiger partial charge in [-0.2, -0.15) is 10.1 Å². The molecule has 0 aliphatic carbocycles. The van der Waals surface area contributed by atoms with Gasteiger partial charge in [0.25, 0.3) is 11.7 Å². The van der Waals surface area contributed by atoms with Crippen molar-refractivity contribution in [2.24, 2.45) is 0 Å². The number of nitrogens with zero attached hydrogens (tertiary/aromatic N) is 6. The Bertz CT molecular complexity index is 1120. The molecule has 1 aromatic carbocycles. The fourth-order valence-electron chi connectivity index (χ4n) is 2.38. The second-order valence-electron chi connectivity index (χ2n) is 5.51. The second-order valence-corrected chi connectivity index (χ2v) is 6.76. The molecule has 0 atom stereocenters. The number of hydrogen-bond donors (Lipinski definition) is 1. The van der Waals surface area contributed by atoms with Gasteiger partial charge in [0.2, 0.25) is 5.82 Å². The first-order valence-corrected chi connectivity index (χ1v) is 8.78. The summed E-state index contributed by atoms with van der Waals surface area (Å²) < 4.78 is 2.96. The highest BCUT2D eigenvalue weighted by atomic mass is 35.5. The van der Waals surface area contributed by atoms with Gasteiger partial charge in [0.05, 0.1) is 6.54 Å². The zero-order chi connectivity index (χ0) is 19.0. The Kier molecular flexibility index (Phi) is 4.69. The van der Waals surface area contributed by atoms with Crippen LogP contribution in [0.2, 0.25) is 15.1 Å². The summed E-state index contributed by atoms with van der Waals surface area (Å²) in [4.78, 5) is 20.4. The summed E-state index contributed by atoms with van der Waals surface area (Å²) in [7, 11) is 0. The van der Waals surface area contributed by atoms with Crippen LogP contribution in [0.5, 0.6) is 0 Å². The summed E-state index contributed by atoms with van der Waals surface area (Å²) in [5.74, 6) is -0.0764. The van der Waals surface area contributed by atoms with Gasteiger partial charge in [-0.25, -0.2) is 9.50 Å². The maximum atomic E-state index is 12.4. The number of fused-ring (bicyclic) bond motifs is 1. The highest BCUT2D eigenvalue weighted by Gasteiger charge is 2.17. The third-order valence-electron chi connectivity index (χ3n) is 3.62. The first kappa shape index (κ1) is 17.7. The summed E-state index contributed by atoms with van der Waals surface area (Å²) in [6, 6.07) is 6.87. The minimum absolute atomic E-state index is 0.0416. The smallest absolute Gasteiger partial charge is 0.296 e. The van der Waals surface area contributed by atoms with E-state index in [9.17, 15) is 4.79 Å². The highest BCUT2D eigenvalue weighted by Crippen LogP contribution is 2.24. The van der Waals surface area contributed by atoms with E-state index in [1.165, 1.54) is 4.52 Å². The number of carbonyl (C=O) groups is 1. The number of nitrogens with one attached hydrogen (secondary N) is 1. The molecule has 1 N–H and O–H groups in total. The van der Waals surface area contributed by atoms with Crippen LogP contribution >= 0.6 is 34.8 Å². The molecule has 0 fully saturated rings. The van der Waals surface area contributed by atoms with Gasteiger partial charge in [-0.15, -0.1) is 5.10 Å². The molecule has 0 saturated carbocycles. The Balaban J connectivity index is 1.53. The molecule has 0 unspecified atom stereocenters. The third kappa shape index (κ3) is 3.73. The minimum Gasteiger partial charge on any atom is -0.301 e. The van der Waals surface area contributed by atoms with E-state index in [2.05, 4.69) is 25.5 Å². The van der Waals surface area contributed by atoms with Crippen LogP contribution in [0.4, 0.5) is 5.82 Å². The van der Waals surface area contributed by atoms with E-state index in [4.69, 9.17) is 34.8 Å². The van der Waals surface area contributed by atoms with E-state index < -0.39 is 5.91 Å². The van der Waals surface area contributed by atoms with Gasteiger partial charge < -0.3 is 5.32 Å². The fraction of sp³-hybridized carbons (Fsp3) is 0.0625. The van der Waals surface area contributed by atoms with Crippen LogP contribution in [-0.4, -0.2) is 35.3 Å². The molecule has 0 bridgehead atoms. The number of benzene rings is 1. The fourth-order valence-corrected chi connectivity index (χ4v) is 3.05.